The van der Waals surface area contributed by atoms with E-state index in [0.29, 0.717) is 25.9 Å². The molecule has 0 bridgehead atoms. The summed E-state index contributed by atoms with van der Waals surface area (Å²) < 4.78 is 83.1. The summed E-state index contributed by atoms with van der Waals surface area (Å²) in [6.07, 6.45) is -9.76. The highest BCUT2D eigenvalue weighted by molar-refractivity contribution is 5.81. The van der Waals surface area contributed by atoms with Gasteiger partial charge < -0.3 is 9.64 Å². The van der Waals surface area contributed by atoms with Crippen LogP contribution in [-0.2, 0) is 0 Å². The third-order valence-corrected chi connectivity index (χ3v) is 5.23. The molecule has 0 aliphatic rings. The summed E-state index contributed by atoms with van der Waals surface area (Å²) in [6.45, 7) is 4.76. The number of nitrogens with one attached hydrogen (secondary N) is 1. The van der Waals surface area contributed by atoms with Gasteiger partial charge >= 0.3 is 18.4 Å². The van der Waals surface area contributed by atoms with E-state index in [1.54, 1.807) is 4.90 Å². The number of hydrogen-bond donors (Lipinski definition) is 1. The van der Waals surface area contributed by atoms with Crippen LogP contribution >= 0.6 is 0 Å². The normalized spacial score (nSPS) is 12.2. The van der Waals surface area contributed by atoms with Crippen LogP contribution in [0, 0.1) is 10.1 Å². The molecule has 216 valence electrons. The molecule has 0 saturated heterocycles. The molecular weight excluding hydrogens is 536 g/mol. The number of benzene rings is 1. The fourth-order valence-corrected chi connectivity index (χ4v) is 3.31. The number of unbranched alkanes of at least 4 members (excludes halogenated alkanes) is 4. The lowest BCUT2D eigenvalue weighted by atomic mass is 10.2. The Balaban J connectivity index is 2.43. The number of alkyl halides is 6. The average molecular weight is 566 g/mol. The van der Waals surface area contributed by atoms with Crippen molar-refractivity contribution in [2.24, 2.45) is 5.10 Å². The van der Waals surface area contributed by atoms with Crippen molar-refractivity contribution >= 4 is 23.8 Å². The lowest BCUT2D eigenvalue weighted by molar-refractivity contribution is -0.384. The van der Waals surface area contributed by atoms with Crippen molar-refractivity contribution in [1.82, 2.24) is 15.0 Å². The molecule has 0 amide bonds. The van der Waals surface area contributed by atoms with E-state index in [4.69, 9.17) is 0 Å². The Kier molecular flexibility index (Phi) is 11.7. The van der Waals surface area contributed by atoms with E-state index in [1.165, 1.54) is 24.3 Å². The second kappa shape index (κ2) is 14.4. The molecule has 1 aromatic heterocycles. The zero-order chi connectivity index (χ0) is 29.1. The van der Waals surface area contributed by atoms with Gasteiger partial charge in [0.05, 0.1) is 11.1 Å². The van der Waals surface area contributed by atoms with E-state index in [1.807, 2.05) is 13.8 Å². The Morgan fingerprint density at radius 1 is 1.03 bits per heavy atom. The maximum atomic E-state index is 13.1. The molecule has 0 saturated carbocycles. The third kappa shape index (κ3) is 10.5. The summed E-state index contributed by atoms with van der Waals surface area (Å²) in [7, 11) is 0. The van der Waals surface area contributed by atoms with Gasteiger partial charge in [0, 0.05) is 30.8 Å². The Hall–Kier alpha value is -3.72. The van der Waals surface area contributed by atoms with E-state index in [2.05, 4.69) is 30.2 Å². The second-order valence-electron chi connectivity index (χ2n) is 8.45. The lowest BCUT2D eigenvalue weighted by Gasteiger charge is -2.25. The Bertz CT molecular complexity index is 1070. The van der Waals surface area contributed by atoms with Gasteiger partial charge in [-0.25, -0.2) is 5.43 Å². The van der Waals surface area contributed by atoms with E-state index in [0.717, 1.165) is 31.9 Å². The molecule has 1 aromatic carbocycles. The number of nitro benzene ring substituents is 1. The first-order valence-corrected chi connectivity index (χ1v) is 12.2. The summed E-state index contributed by atoms with van der Waals surface area (Å²) in [5, 5.41) is 14.8. The van der Waals surface area contributed by atoms with Gasteiger partial charge in [0.1, 0.15) is 0 Å². The minimum atomic E-state index is -5.78. The number of anilines is 2. The SMILES string of the molecule is CCCCCN(CCCCC)c1nc(N/N=C/c2cccc([N+](=O)[O-])c2)nc(OC(C(F)(F)F)C(F)(F)F)n1. The molecule has 2 aromatic rings. The van der Waals surface area contributed by atoms with Crippen molar-refractivity contribution in [1.29, 1.82) is 0 Å². The van der Waals surface area contributed by atoms with Gasteiger partial charge in [-0.2, -0.15) is 46.4 Å². The van der Waals surface area contributed by atoms with Crippen LogP contribution in [0.4, 0.5) is 43.9 Å². The Labute approximate surface area is 220 Å². The molecule has 0 spiro atoms. The molecule has 0 aliphatic carbocycles. The topological polar surface area (TPSA) is 119 Å². The molecule has 0 fully saturated rings. The minimum absolute atomic E-state index is 0.177. The van der Waals surface area contributed by atoms with Crippen LogP contribution in [0.3, 0.4) is 0 Å². The molecular formula is C23H29F6N7O3. The zero-order valence-corrected chi connectivity index (χ0v) is 21.3. The maximum Gasteiger partial charge on any atom is 0.434 e. The summed E-state index contributed by atoms with van der Waals surface area (Å²) in [4.78, 5) is 23.4. The van der Waals surface area contributed by atoms with Crippen molar-refractivity contribution in [2.45, 2.75) is 70.8 Å². The van der Waals surface area contributed by atoms with E-state index < -0.39 is 35.3 Å². The number of halogens is 6. The average Bonchev–Trinajstić information content (AvgIpc) is 2.85. The van der Waals surface area contributed by atoms with Crippen LogP contribution in [0.15, 0.2) is 29.4 Å². The van der Waals surface area contributed by atoms with Crippen LogP contribution in [0.1, 0.15) is 57.9 Å². The van der Waals surface area contributed by atoms with Crippen molar-refractivity contribution in [3.63, 3.8) is 0 Å². The Morgan fingerprint density at radius 3 is 2.18 bits per heavy atom. The number of nitro groups is 1. The highest BCUT2D eigenvalue weighted by atomic mass is 19.4. The maximum absolute atomic E-state index is 13.1. The summed E-state index contributed by atoms with van der Waals surface area (Å²) >= 11 is 0. The smallest absolute Gasteiger partial charge is 0.434 e. The van der Waals surface area contributed by atoms with Gasteiger partial charge in [0.15, 0.2) is 0 Å². The monoisotopic (exact) mass is 565 g/mol. The fraction of sp³-hybridized carbons (Fsp3) is 0.565. The molecule has 10 nitrogen and oxygen atoms in total. The molecule has 1 heterocycles. The molecule has 16 heteroatoms. The van der Waals surface area contributed by atoms with E-state index in [9.17, 15) is 36.5 Å². The van der Waals surface area contributed by atoms with Gasteiger partial charge in [-0.3, -0.25) is 10.1 Å². The molecule has 39 heavy (non-hydrogen) atoms. The van der Waals surface area contributed by atoms with Crippen LogP contribution in [0.25, 0.3) is 0 Å². The predicted molar refractivity (Wildman–Crippen MR) is 132 cm³/mol. The van der Waals surface area contributed by atoms with Crippen molar-refractivity contribution in [3.05, 3.63) is 39.9 Å². The molecule has 0 atom stereocenters. The quantitative estimate of drug-likeness (QED) is 0.0881. The fourth-order valence-electron chi connectivity index (χ4n) is 3.31. The summed E-state index contributed by atoms with van der Waals surface area (Å²) in [5.74, 6) is -0.654. The number of nitrogens with zero attached hydrogens (tertiary/aromatic N) is 6. The van der Waals surface area contributed by atoms with Crippen LogP contribution in [0.5, 0.6) is 6.01 Å². The molecule has 1 N–H and O–H groups in total. The largest absolute Gasteiger partial charge is 0.440 e. The number of non-ortho nitro benzene ring substituents is 1. The van der Waals surface area contributed by atoms with Crippen molar-refractivity contribution in [2.75, 3.05) is 23.4 Å². The Morgan fingerprint density at radius 2 is 1.64 bits per heavy atom. The standard InChI is InChI=1S/C23H29F6N7O3/c1-3-5-7-12-35(13-8-6-4-2)20-31-19(34-30-15-16-10-9-11-17(14-16)36(37)38)32-21(33-20)39-18(22(24,25)26)23(27,28)29/h9-11,14-15,18H,3-8,12-13H2,1-2H3,(H,31,32,33,34)/b30-15+. The second-order valence-corrected chi connectivity index (χ2v) is 8.45. The van der Waals surface area contributed by atoms with Gasteiger partial charge in [0.25, 0.3) is 17.7 Å². The van der Waals surface area contributed by atoms with Crippen LogP contribution < -0.4 is 15.1 Å². The van der Waals surface area contributed by atoms with Crippen molar-refractivity contribution in [3.8, 4) is 6.01 Å². The van der Waals surface area contributed by atoms with Gasteiger partial charge in [-0.05, 0) is 12.8 Å². The summed E-state index contributed by atoms with van der Waals surface area (Å²) in [5.41, 5.74) is 2.41. The molecule has 0 aliphatic heterocycles. The first-order valence-electron chi connectivity index (χ1n) is 12.2. The number of hydrazone groups is 1. The molecule has 0 unspecified atom stereocenters. The van der Waals surface area contributed by atoms with Gasteiger partial charge in [-0.1, -0.05) is 51.7 Å². The van der Waals surface area contributed by atoms with Gasteiger partial charge in [0.2, 0.25) is 5.95 Å². The van der Waals surface area contributed by atoms with E-state index in [-0.39, 0.29) is 17.2 Å². The van der Waals surface area contributed by atoms with E-state index >= 15 is 0 Å². The molecule has 0 radical (unpaired) electrons. The lowest BCUT2D eigenvalue weighted by Crippen LogP contribution is -2.47. The van der Waals surface area contributed by atoms with Crippen LogP contribution in [0.2, 0.25) is 0 Å². The number of rotatable bonds is 15. The molecule has 2 rings (SSSR count). The first-order chi connectivity index (χ1) is 18.3. The third-order valence-electron chi connectivity index (χ3n) is 5.23. The highest BCUT2D eigenvalue weighted by Crippen LogP contribution is 2.36. The number of aromatic nitrogens is 3. The van der Waals surface area contributed by atoms with Gasteiger partial charge in [-0.15, -0.1) is 0 Å². The van der Waals surface area contributed by atoms with Crippen molar-refractivity contribution < 1.29 is 36.0 Å². The number of ether oxygens (including phenoxy) is 1. The zero-order valence-electron chi connectivity index (χ0n) is 21.3. The first kappa shape index (κ1) is 31.5. The predicted octanol–water partition coefficient (Wildman–Crippen LogP) is 6.28. The van der Waals surface area contributed by atoms with Crippen LogP contribution in [-0.4, -0.2) is 57.6 Å². The summed E-state index contributed by atoms with van der Waals surface area (Å²) in [6, 6.07) is 4.18. The highest BCUT2D eigenvalue weighted by Gasteiger charge is 2.59. The number of hydrogen-bond acceptors (Lipinski definition) is 9. The minimum Gasteiger partial charge on any atom is -0.440 e.